The monoisotopic (exact) mass is 362 g/mol. The van der Waals surface area contributed by atoms with Gasteiger partial charge < -0.3 is 30.2 Å². The first-order valence-corrected chi connectivity index (χ1v) is 7.75. The van der Waals surface area contributed by atoms with Gasteiger partial charge in [-0.25, -0.2) is 4.73 Å². The Morgan fingerprint density at radius 2 is 2.23 bits per heavy atom. The van der Waals surface area contributed by atoms with Crippen LogP contribution in [0.15, 0.2) is 17.5 Å². The molecule has 0 aliphatic carbocycles. The zero-order valence-corrected chi connectivity index (χ0v) is 14.1. The molecule has 4 atom stereocenters. The predicted octanol–water partition coefficient (Wildman–Crippen LogP) is -1.63. The van der Waals surface area contributed by atoms with Gasteiger partial charge in [-0.1, -0.05) is 9.98 Å². The van der Waals surface area contributed by atoms with Crippen LogP contribution in [0.2, 0.25) is 0 Å². The van der Waals surface area contributed by atoms with Crippen molar-refractivity contribution in [3.8, 4) is 6.07 Å². The highest BCUT2D eigenvalue weighted by Crippen LogP contribution is 2.35. The molecule has 26 heavy (non-hydrogen) atoms. The van der Waals surface area contributed by atoms with E-state index in [0.29, 0.717) is 4.73 Å². The van der Waals surface area contributed by atoms with E-state index >= 15 is 0 Å². The van der Waals surface area contributed by atoms with Crippen LogP contribution >= 0.6 is 0 Å². The van der Waals surface area contributed by atoms with Gasteiger partial charge in [-0.2, -0.15) is 5.26 Å². The molecule has 0 aromatic carbocycles. The third kappa shape index (κ3) is 2.85. The topological polar surface area (TPSA) is 154 Å². The average molecular weight is 362 g/mol. The van der Waals surface area contributed by atoms with Gasteiger partial charge >= 0.3 is 0 Å². The molecular weight excluding hydrogens is 344 g/mol. The number of aliphatic hydroxyl groups excluding tert-OH is 3. The van der Waals surface area contributed by atoms with Crippen molar-refractivity contribution in [1.29, 1.82) is 5.26 Å². The van der Waals surface area contributed by atoms with Crippen LogP contribution in [0.5, 0.6) is 0 Å². The van der Waals surface area contributed by atoms with Gasteiger partial charge in [-0.15, -0.1) is 0 Å². The first-order chi connectivity index (χ1) is 12.4. The summed E-state index contributed by atoms with van der Waals surface area (Å²) >= 11 is 0. The Labute approximate surface area is 148 Å². The van der Waals surface area contributed by atoms with E-state index in [1.54, 1.807) is 19.0 Å². The Hall–Kier alpha value is -2.78. The maximum absolute atomic E-state index is 12.1. The van der Waals surface area contributed by atoms with Crippen LogP contribution in [0, 0.1) is 16.5 Å². The van der Waals surface area contributed by atoms with Crippen molar-refractivity contribution in [2.75, 3.05) is 20.7 Å². The fourth-order valence-corrected chi connectivity index (χ4v) is 2.82. The molecule has 2 aromatic heterocycles. The van der Waals surface area contributed by atoms with E-state index in [1.165, 1.54) is 17.1 Å². The molecule has 1 saturated heterocycles. The highest BCUT2D eigenvalue weighted by atomic mass is 16.6. The van der Waals surface area contributed by atoms with E-state index in [1.807, 2.05) is 6.07 Å². The van der Waals surface area contributed by atoms with Crippen LogP contribution in [0.4, 0.5) is 5.82 Å². The van der Waals surface area contributed by atoms with Gasteiger partial charge in [0.25, 0.3) is 5.82 Å². The quantitative estimate of drug-likeness (QED) is 0.254. The lowest BCUT2D eigenvalue weighted by molar-refractivity contribution is -0.593. The zero-order valence-electron chi connectivity index (χ0n) is 14.1. The lowest BCUT2D eigenvalue weighted by Crippen LogP contribution is -2.33. The summed E-state index contributed by atoms with van der Waals surface area (Å²) < 4.78 is 7.28. The molecule has 0 amide bonds. The number of aliphatic hydroxyl groups is 3. The van der Waals surface area contributed by atoms with E-state index in [4.69, 9.17) is 4.74 Å². The van der Waals surface area contributed by atoms with Crippen LogP contribution in [-0.2, 0) is 4.74 Å². The number of nitrogens with zero attached hydrogens (tertiary/aromatic N) is 6. The van der Waals surface area contributed by atoms with Crippen molar-refractivity contribution in [3.63, 3.8) is 0 Å². The Morgan fingerprint density at radius 3 is 2.81 bits per heavy atom. The van der Waals surface area contributed by atoms with Gasteiger partial charge in [-0.05, 0) is 0 Å². The van der Waals surface area contributed by atoms with Gasteiger partial charge in [0.05, 0.1) is 12.2 Å². The van der Waals surface area contributed by atoms with Crippen LogP contribution in [-0.4, -0.2) is 75.1 Å². The average Bonchev–Trinajstić information content (AvgIpc) is 3.12. The van der Waals surface area contributed by atoms with Crippen molar-refractivity contribution in [1.82, 2.24) is 14.5 Å². The fraction of sp³-hybridized carbons (Fsp3) is 0.467. The van der Waals surface area contributed by atoms with Crippen LogP contribution < -0.4 is 4.73 Å². The SMILES string of the molecule is CN(C)C=Nc1c2c(C#N)cn(C3OC(CO)C(O)C3O)c2nc[n+]1[O-]. The van der Waals surface area contributed by atoms with Gasteiger partial charge in [0.1, 0.15) is 29.8 Å². The summed E-state index contributed by atoms with van der Waals surface area (Å²) in [4.78, 5) is 9.76. The van der Waals surface area contributed by atoms with Gasteiger partial charge in [0.2, 0.25) is 12.0 Å². The lowest BCUT2D eigenvalue weighted by atomic mass is 10.1. The summed E-state index contributed by atoms with van der Waals surface area (Å²) in [5.74, 6) is -0.0363. The standard InChI is InChI=1S/C15H18N6O5/c1-19(2)6-17-14-10-8(3-16)4-20(13(10)18-7-21(14)25)15-12(24)11(23)9(5-22)26-15/h4,6-7,9,11-12,15,22-24H,5H2,1-2H3. The highest BCUT2D eigenvalue weighted by Gasteiger charge is 2.44. The summed E-state index contributed by atoms with van der Waals surface area (Å²) in [5, 5.41) is 51.2. The molecule has 11 heteroatoms. The number of fused-ring (bicyclic) bond motifs is 1. The van der Waals surface area contributed by atoms with Gasteiger partial charge in [-0.3, -0.25) is 4.57 Å². The first-order valence-electron chi connectivity index (χ1n) is 7.75. The smallest absolute Gasteiger partial charge is 0.278 e. The Morgan fingerprint density at radius 1 is 1.50 bits per heavy atom. The number of hydrogen-bond acceptors (Lipinski definition) is 8. The summed E-state index contributed by atoms with van der Waals surface area (Å²) in [5.41, 5.74) is 0.302. The third-order valence-electron chi connectivity index (χ3n) is 4.05. The van der Waals surface area contributed by atoms with E-state index in [2.05, 4.69) is 9.98 Å². The van der Waals surface area contributed by atoms with Crippen molar-refractivity contribution >= 4 is 23.2 Å². The minimum absolute atomic E-state index is 0.0363. The molecule has 1 aliphatic heterocycles. The van der Waals surface area contributed by atoms with E-state index in [0.717, 1.165) is 6.33 Å². The zero-order chi connectivity index (χ0) is 19.0. The number of ether oxygens (including phenoxy) is 1. The van der Waals surface area contributed by atoms with E-state index < -0.39 is 31.1 Å². The molecule has 138 valence electrons. The molecule has 4 unspecified atom stereocenters. The summed E-state index contributed by atoms with van der Waals surface area (Å²) in [6.07, 6.45) is -0.925. The van der Waals surface area contributed by atoms with Crippen LogP contribution in [0.1, 0.15) is 11.8 Å². The molecule has 11 nitrogen and oxygen atoms in total. The first kappa shape index (κ1) is 18.0. The minimum Gasteiger partial charge on any atom is -0.740 e. The molecule has 1 fully saturated rings. The largest absolute Gasteiger partial charge is 0.740 e. The van der Waals surface area contributed by atoms with Crippen LogP contribution in [0.25, 0.3) is 11.0 Å². The molecule has 0 bridgehead atoms. The second-order valence-electron chi connectivity index (χ2n) is 6.09. The number of aliphatic imine (C=N–C) groups is 1. The Balaban J connectivity index is 2.18. The van der Waals surface area contributed by atoms with Crippen LogP contribution in [0.3, 0.4) is 0 Å². The van der Waals surface area contributed by atoms with Crippen molar-refractivity contribution in [3.05, 3.63) is 23.3 Å². The van der Waals surface area contributed by atoms with E-state index in [9.17, 15) is 25.8 Å². The van der Waals surface area contributed by atoms with Gasteiger partial charge in [0.15, 0.2) is 12.6 Å². The van der Waals surface area contributed by atoms with Crippen molar-refractivity contribution in [2.24, 2.45) is 4.99 Å². The number of hydrogen-bond donors (Lipinski definition) is 3. The molecule has 0 spiro atoms. The number of nitriles is 1. The molecule has 0 saturated carbocycles. The molecule has 0 radical (unpaired) electrons. The summed E-state index contributed by atoms with van der Waals surface area (Å²) in [7, 11) is 3.46. The Bertz CT molecular complexity index is 889. The lowest BCUT2D eigenvalue weighted by Gasteiger charge is -2.16. The molecule has 3 heterocycles. The summed E-state index contributed by atoms with van der Waals surface area (Å²) in [6, 6.07) is 1.97. The maximum Gasteiger partial charge on any atom is 0.278 e. The molecule has 3 N–H and O–H groups in total. The normalized spacial score (nSPS) is 25.8. The van der Waals surface area contributed by atoms with E-state index in [-0.39, 0.29) is 22.4 Å². The Kier molecular flexibility index (Phi) is 4.75. The fourth-order valence-electron chi connectivity index (χ4n) is 2.82. The second-order valence-corrected chi connectivity index (χ2v) is 6.09. The molecular formula is C15H18N6O5. The summed E-state index contributed by atoms with van der Waals surface area (Å²) in [6.45, 7) is -0.481. The molecule has 1 aliphatic rings. The molecule has 3 rings (SSSR count). The maximum atomic E-state index is 12.1. The second kappa shape index (κ2) is 6.85. The highest BCUT2D eigenvalue weighted by molar-refractivity contribution is 5.91. The van der Waals surface area contributed by atoms with Crippen molar-refractivity contribution < 1.29 is 24.8 Å². The van der Waals surface area contributed by atoms with Gasteiger partial charge in [0, 0.05) is 20.3 Å². The third-order valence-corrected chi connectivity index (χ3v) is 4.05. The minimum atomic E-state index is -1.34. The molecule has 2 aromatic rings. The number of aromatic nitrogens is 3. The van der Waals surface area contributed by atoms with Crippen molar-refractivity contribution in [2.45, 2.75) is 24.5 Å². The predicted molar refractivity (Wildman–Crippen MR) is 88.3 cm³/mol. The number of rotatable bonds is 4.